The predicted octanol–water partition coefficient (Wildman–Crippen LogP) is 3.56. The van der Waals surface area contributed by atoms with E-state index in [0.29, 0.717) is 31.5 Å². The summed E-state index contributed by atoms with van der Waals surface area (Å²) in [5.41, 5.74) is -2.06. The van der Waals surface area contributed by atoms with Gasteiger partial charge in [-0.25, -0.2) is 4.68 Å². The molecule has 1 aromatic heterocycles. The third kappa shape index (κ3) is 12.3. The number of likely N-dealkylation sites (N-methyl/N-ethyl adjacent to an activating group) is 1. The van der Waals surface area contributed by atoms with Crippen LogP contribution < -0.4 is 0 Å². The quantitative estimate of drug-likeness (QED) is 0.210. The van der Waals surface area contributed by atoms with Crippen LogP contribution in [0.3, 0.4) is 0 Å². The molecule has 0 amide bonds. The molecule has 0 saturated carbocycles. The van der Waals surface area contributed by atoms with Crippen LogP contribution in [0.1, 0.15) is 112 Å². The van der Waals surface area contributed by atoms with Crippen LogP contribution in [0.4, 0.5) is 0 Å². The topological polar surface area (TPSA) is 237 Å². The Bertz CT molecular complexity index is 1980. The van der Waals surface area contributed by atoms with Gasteiger partial charge in [0, 0.05) is 63.6 Å². The van der Waals surface area contributed by atoms with Crippen LogP contribution in [-0.4, -0.2) is 164 Å². The summed E-state index contributed by atoms with van der Waals surface area (Å²) in [5, 5.41) is 64.5. The maximum Gasteiger partial charge on any atom is 0.311 e. The van der Waals surface area contributed by atoms with Gasteiger partial charge in [-0.3, -0.25) is 9.59 Å². The van der Waals surface area contributed by atoms with E-state index in [1.165, 1.54) is 21.1 Å². The van der Waals surface area contributed by atoms with Crippen molar-refractivity contribution in [1.82, 2.24) is 19.9 Å². The van der Waals surface area contributed by atoms with Crippen LogP contribution in [0.25, 0.3) is 0 Å². The van der Waals surface area contributed by atoms with Crippen LogP contribution in [0, 0.1) is 35.0 Å². The smallest absolute Gasteiger partial charge is 0.311 e. The summed E-state index contributed by atoms with van der Waals surface area (Å²) in [4.78, 5) is 30.7. The lowest BCUT2D eigenvalue weighted by molar-refractivity contribution is -0.319. The van der Waals surface area contributed by atoms with E-state index in [-0.39, 0.29) is 31.1 Å². The van der Waals surface area contributed by atoms with Gasteiger partial charge in [0.05, 0.1) is 71.5 Å². The normalized spacial score (nSPS) is 40.5. The number of rotatable bonds is 13. The van der Waals surface area contributed by atoms with Crippen molar-refractivity contribution < 1.29 is 63.2 Å². The number of esters is 1. The SMILES string of the molecule is CC[C@H]1OC(=O)[C@H](C)[C@@H](O[C@H]2C[C@@](C)(OC)[C@@H](O)[C@H](C)O2)[C@H](C)[C@@H](O[C@@H]2O[C@H](C)C[C@H](N(C)CCc3cn(Cc4ccc(C#N)cc4)nn3)[C@H]2O)[C@](C)(OC)C[C@@H](C)C(=O)[C@H](C)[C@@H](O)[C@]1(C)O. The third-order valence-corrected chi connectivity index (χ3v) is 14.9. The number of ether oxygens (including phenoxy) is 7. The lowest BCUT2D eigenvalue weighted by Crippen LogP contribution is -2.61. The molecule has 3 aliphatic rings. The molecule has 3 fully saturated rings. The number of hydrogen-bond donors (Lipinski definition) is 4. The number of ketones is 1. The standard InChI is InChI=1S/C49H77N5O13/c1-14-37-49(10,60)42(57)29(4)39(55)27(2)22-48(9,62-13)44(30(5)41(31(6)45(59)65-37)66-38-23-47(8,61-12)43(58)32(7)64-38)67-46-40(56)36(21-28(3)63-46)53(11)20-19-35-26-54(52-51-35)25-34-17-15-33(24-50)16-18-34/h15-18,26-32,36-38,40-44,46,56-58,60H,14,19-23,25H2,1-13H3/t27-,28-,29+,30+,31-,32+,36+,37-,38+,40-,41+,42-,43+,44-,46+,47-,48-,49-/m1/s1. The van der Waals surface area contributed by atoms with E-state index in [4.69, 9.17) is 38.4 Å². The van der Waals surface area contributed by atoms with E-state index >= 15 is 0 Å². The number of methoxy groups -OCH3 is 2. The Morgan fingerprint density at radius 1 is 0.925 bits per heavy atom. The van der Waals surface area contributed by atoms with Gasteiger partial charge in [-0.1, -0.05) is 45.0 Å². The largest absolute Gasteiger partial charge is 0.459 e. The molecule has 18 nitrogen and oxygen atoms in total. The second-order valence-corrected chi connectivity index (χ2v) is 20.1. The van der Waals surface area contributed by atoms with Crippen molar-refractivity contribution in [2.45, 2.75) is 192 Å². The second kappa shape index (κ2) is 22.5. The Hall–Kier alpha value is -3.45. The van der Waals surface area contributed by atoms with Gasteiger partial charge in [-0.15, -0.1) is 5.10 Å². The fourth-order valence-corrected chi connectivity index (χ4v) is 10.4. The number of benzene rings is 1. The lowest BCUT2D eigenvalue weighted by Gasteiger charge is -2.50. The Labute approximate surface area is 396 Å². The first-order valence-corrected chi connectivity index (χ1v) is 23.7. The van der Waals surface area contributed by atoms with Crippen molar-refractivity contribution in [1.29, 1.82) is 5.26 Å². The summed E-state index contributed by atoms with van der Waals surface area (Å²) in [6.07, 6.45) is -7.14. The van der Waals surface area contributed by atoms with Crippen LogP contribution in [0.2, 0.25) is 0 Å². The molecule has 4 N–H and O–H groups in total. The van der Waals surface area contributed by atoms with Gasteiger partial charge in [-0.2, -0.15) is 5.26 Å². The van der Waals surface area contributed by atoms with Crippen molar-refractivity contribution in [3.05, 3.63) is 47.3 Å². The van der Waals surface area contributed by atoms with Gasteiger partial charge in [0.2, 0.25) is 0 Å². The fourth-order valence-electron chi connectivity index (χ4n) is 10.4. The molecule has 3 aliphatic heterocycles. The van der Waals surface area contributed by atoms with Gasteiger partial charge in [0.25, 0.3) is 0 Å². The molecule has 0 spiro atoms. The van der Waals surface area contributed by atoms with Crippen molar-refractivity contribution >= 4 is 11.8 Å². The van der Waals surface area contributed by atoms with E-state index < -0.39 is 108 Å². The maximum atomic E-state index is 14.4. The Morgan fingerprint density at radius 3 is 2.19 bits per heavy atom. The highest BCUT2D eigenvalue weighted by molar-refractivity contribution is 5.83. The maximum absolute atomic E-state index is 14.4. The highest BCUT2D eigenvalue weighted by atomic mass is 16.7. The molecule has 5 rings (SSSR count). The monoisotopic (exact) mass is 944 g/mol. The number of hydrogen-bond acceptors (Lipinski definition) is 17. The zero-order chi connectivity index (χ0) is 49.8. The number of aromatic nitrogens is 3. The molecule has 18 atom stereocenters. The number of nitriles is 1. The zero-order valence-corrected chi connectivity index (χ0v) is 41.7. The Morgan fingerprint density at radius 2 is 1.58 bits per heavy atom. The molecule has 0 aliphatic carbocycles. The van der Waals surface area contributed by atoms with Gasteiger partial charge in [-0.05, 0) is 85.5 Å². The molecular formula is C49H77N5O13. The van der Waals surface area contributed by atoms with Gasteiger partial charge in [0.1, 0.15) is 29.7 Å². The van der Waals surface area contributed by atoms with Crippen molar-refractivity contribution in [2.75, 3.05) is 27.8 Å². The summed E-state index contributed by atoms with van der Waals surface area (Å²) < 4.78 is 46.4. The van der Waals surface area contributed by atoms with E-state index in [1.807, 2.05) is 44.1 Å². The molecule has 18 heteroatoms. The van der Waals surface area contributed by atoms with Crippen molar-refractivity contribution in [3.8, 4) is 6.07 Å². The summed E-state index contributed by atoms with van der Waals surface area (Å²) >= 11 is 0. The molecule has 0 radical (unpaired) electrons. The minimum absolute atomic E-state index is 0.0672. The first-order chi connectivity index (χ1) is 31.4. The summed E-state index contributed by atoms with van der Waals surface area (Å²) in [7, 11) is 4.92. The fraction of sp³-hybridized carbons (Fsp3) is 0.776. The number of nitrogens with zero attached hydrogens (tertiary/aromatic N) is 5. The zero-order valence-electron chi connectivity index (χ0n) is 41.7. The number of carbonyl (C=O) groups excluding carboxylic acids is 2. The summed E-state index contributed by atoms with van der Waals surface area (Å²) in [6.45, 7) is 18.0. The van der Waals surface area contributed by atoms with E-state index in [2.05, 4.69) is 16.4 Å². The summed E-state index contributed by atoms with van der Waals surface area (Å²) in [5.74, 6) is -4.72. The number of Topliss-reactive ketones (excluding diaryl/α,β-unsaturated/α-hetero) is 1. The number of aliphatic hydroxyl groups excluding tert-OH is 3. The lowest BCUT2D eigenvalue weighted by atomic mass is 9.74. The number of aliphatic hydroxyl groups is 4. The van der Waals surface area contributed by atoms with Crippen LogP contribution in [-0.2, 0) is 55.7 Å². The molecule has 2 aromatic rings. The third-order valence-electron chi connectivity index (χ3n) is 14.9. The first-order valence-electron chi connectivity index (χ1n) is 23.7. The second-order valence-electron chi connectivity index (χ2n) is 20.1. The molecule has 376 valence electrons. The van der Waals surface area contributed by atoms with Gasteiger partial charge < -0.3 is 58.5 Å². The van der Waals surface area contributed by atoms with Crippen LogP contribution in [0.15, 0.2) is 30.5 Å². The highest BCUT2D eigenvalue weighted by Crippen LogP contribution is 2.42. The van der Waals surface area contributed by atoms with E-state index in [9.17, 15) is 30.0 Å². The molecule has 3 saturated heterocycles. The average Bonchev–Trinajstić information content (AvgIpc) is 3.76. The molecule has 0 unspecified atom stereocenters. The van der Waals surface area contributed by atoms with Gasteiger partial charge in [0.15, 0.2) is 12.6 Å². The van der Waals surface area contributed by atoms with Crippen molar-refractivity contribution in [3.63, 3.8) is 0 Å². The van der Waals surface area contributed by atoms with Gasteiger partial charge >= 0.3 is 5.97 Å². The minimum Gasteiger partial charge on any atom is -0.459 e. The number of carbonyl (C=O) groups is 2. The minimum atomic E-state index is -2.00. The predicted molar refractivity (Wildman–Crippen MR) is 244 cm³/mol. The highest BCUT2D eigenvalue weighted by Gasteiger charge is 2.54. The molecule has 67 heavy (non-hydrogen) atoms. The van der Waals surface area contributed by atoms with E-state index in [0.717, 1.165) is 11.3 Å². The first kappa shape index (κ1) is 54.5. The summed E-state index contributed by atoms with van der Waals surface area (Å²) in [6, 6.07) is 9.00. The van der Waals surface area contributed by atoms with E-state index in [1.54, 1.807) is 65.3 Å². The number of cyclic esters (lactones) is 1. The average molecular weight is 944 g/mol. The molecule has 4 heterocycles. The van der Waals surface area contributed by atoms with Crippen molar-refractivity contribution in [2.24, 2.45) is 23.7 Å². The Balaban J connectivity index is 1.48. The molecular weight excluding hydrogens is 867 g/mol. The van der Waals surface area contributed by atoms with Crippen LogP contribution in [0.5, 0.6) is 0 Å². The Kier molecular flexibility index (Phi) is 18.3. The van der Waals surface area contributed by atoms with Crippen LogP contribution >= 0.6 is 0 Å². The molecule has 1 aromatic carbocycles. The molecule has 0 bridgehead atoms.